The number of nitrogens with zero attached hydrogens (tertiary/aromatic N) is 1. The van der Waals surface area contributed by atoms with Crippen molar-refractivity contribution < 1.29 is 0 Å². The lowest BCUT2D eigenvalue weighted by Crippen LogP contribution is -2.11. The number of thiophene rings is 1. The first-order valence-electron chi connectivity index (χ1n) is 9.24. The fourth-order valence-electron chi connectivity index (χ4n) is 3.77. The van der Waals surface area contributed by atoms with E-state index in [4.69, 9.17) is 4.98 Å². The van der Waals surface area contributed by atoms with Gasteiger partial charge in [-0.1, -0.05) is 48.0 Å². The van der Waals surface area contributed by atoms with Gasteiger partial charge in [0.1, 0.15) is 10.7 Å². The molecule has 3 heterocycles. The van der Waals surface area contributed by atoms with Crippen molar-refractivity contribution in [2.24, 2.45) is 0 Å². The third-order valence-electron chi connectivity index (χ3n) is 5.16. The molecule has 5 heteroatoms. The number of hydrogen-bond donors (Lipinski definition) is 2. The molecule has 28 heavy (non-hydrogen) atoms. The fraction of sp³-hybridized carbons (Fsp3) is 0.130. The summed E-state index contributed by atoms with van der Waals surface area (Å²) in [5, 5.41) is 1.85. The van der Waals surface area contributed by atoms with E-state index in [2.05, 4.69) is 60.2 Å². The first kappa shape index (κ1) is 17.0. The van der Waals surface area contributed by atoms with Gasteiger partial charge in [0.25, 0.3) is 5.56 Å². The van der Waals surface area contributed by atoms with Crippen molar-refractivity contribution in [2.75, 3.05) is 0 Å². The van der Waals surface area contributed by atoms with Crippen molar-refractivity contribution in [1.29, 1.82) is 0 Å². The standard InChI is InChI=1S/C23H19N3OS/c1-13-7-9-15(10-8-13)20-14(2)28-23-21(20)22(27)25-19(26-23)11-16-12-24-18-6-4-3-5-17(16)18/h3-10,12,24H,11H2,1-2H3,(H,25,26,27). The van der Waals surface area contributed by atoms with Gasteiger partial charge in [0.2, 0.25) is 0 Å². The Morgan fingerprint density at radius 2 is 1.82 bits per heavy atom. The van der Waals surface area contributed by atoms with E-state index < -0.39 is 0 Å². The summed E-state index contributed by atoms with van der Waals surface area (Å²) < 4.78 is 0. The molecule has 0 radical (unpaired) electrons. The summed E-state index contributed by atoms with van der Waals surface area (Å²) >= 11 is 1.58. The van der Waals surface area contributed by atoms with Gasteiger partial charge < -0.3 is 9.97 Å². The molecule has 0 unspecified atom stereocenters. The van der Waals surface area contributed by atoms with Crippen LogP contribution in [-0.2, 0) is 6.42 Å². The molecule has 0 bridgehead atoms. The number of aryl methyl sites for hydroxylation is 2. The number of aromatic nitrogens is 3. The van der Waals surface area contributed by atoms with E-state index in [1.54, 1.807) is 11.3 Å². The third-order valence-corrected chi connectivity index (χ3v) is 6.16. The lowest BCUT2D eigenvalue weighted by molar-refractivity contribution is 0.982. The molecule has 2 N–H and O–H groups in total. The minimum absolute atomic E-state index is 0.0697. The first-order valence-corrected chi connectivity index (χ1v) is 10.1. The van der Waals surface area contributed by atoms with Crippen LogP contribution in [-0.4, -0.2) is 15.0 Å². The van der Waals surface area contributed by atoms with Crippen molar-refractivity contribution in [2.45, 2.75) is 20.3 Å². The van der Waals surface area contributed by atoms with E-state index in [0.717, 1.165) is 37.3 Å². The van der Waals surface area contributed by atoms with Crippen LogP contribution in [0.1, 0.15) is 21.8 Å². The second-order valence-electron chi connectivity index (χ2n) is 7.13. The number of benzene rings is 2. The molecular weight excluding hydrogens is 366 g/mol. The van der Waals surface area contributed by atoms with Crippen molar-refractivity contribution in [3.63, 3.8) is 0 Å². The number of rotatable bonds is 3. The van der Waals surface area contributed by atoms with E-state index >= 15 is 0 Å². The van der Waals surface area contributed by atoms with Crippen LogP contribution in [0.15, 0.2) is 59.5 Å². The van der Waals surface area contributed by atoms with Gasteiger partial charge in [0.15, 0.2) is 0 Å². The van der Waals surface area contributed by atoms with Crippen LogP contribution in [0.5, 0.6) is 0 Å². The molecular formula is C23H19N3OS. The van der Waals surface area contributed by atoms with Gasteiger partial charge in [-0.05, 0) is 31.0 Å². The number of para-hydroxylation sites is 1. The third kappa shape index (κ3) is 2.75. The minimum Gasteiger partial charge on any atom is -0.361 e. The maximum Gasteiger partial charge on any atom is 0.260 e. The topological polar surface area (TPSA) is 61.5 Å². The normalized spacial score (nSPS) is 11.5. The molecule has 138 valence electrons. The molecule has 0 saturated heterocycles. The van der Waals surface area contributed by atoms with Gasteiger partial charge in [0.05, 0.1) is 5.39 Å². The largest absolute Gasteiger partial charge is 0.361 e. The zero-order chi connectivity index (χ0) is 19.3. The molecule has 5 rings (SSSR count). The fourth-order valence-corrected chi connectivity index (χ4v) is 4.84. The van der Waals surface area contributed by atoms with Crippen molar-refractivity contribution in [3.05, 3.63) is 86.9 Å². The lowest BCUT2D eigenvalue weighted by atomic mass is 10.0. The summed E-state index contributed by atoms with van der Waals surface area (Å²) in [6, 6.07) is 16.5. The maximum absolute atomic E-state index is 13.0. The van der Waals surface area contributed by atoms with Crippen molar-refractivity contribution in [3.8, 4) is 11.1 Å². The number of nitrogens with one attached hydrogen (secondary N) is 2. The zero-order valence-electron chi connectivity index (χ0n) is 15.7. The van der Waals surface area contributed by atoms with Crippen LogP contribution in [0.25, 0.3) is 32.2 Å². The van der Waals surface area contributed by atoms with Crippen LogP contribution in [0, 0.1) is 13.8 Å². The Balaban J connectivity index is 1.62. The molecule has 5 aromatic rings. The predicted molar refractivity (Wildman–Crippen MR) is 116 cm³/mol. The molecule has 2 aromatic carbocycles. The molecule has 0 aliphatic carbocycles. The zero-order valence-corrected chi connectivity index (χ0v) is 16.5. The van der Waals surface area contributed by atoms with Crippen LogP contribution in [0.3, 0.4) is 0 Å². The highest BCUT2D eigenvalue weighted by Crippen LogP contribution is 2.35. The summed E-state index contributed by atoms with van der Waals surface area (Å²) in [6.45, 7) is 4.12. The Kier molecular flexibility index (Phi) is 3.91. The lowest BCUT2D eigenvalue weighted by Gasteiger charge is -2.04. The number of fused-ring (bicyclic) bond motifs is 2. The second kappa shape index (κ2) is 6.46. The number of aromatic amines is 2. The smallest absolute Gasteiger partial charge is 0.260 e. The predicted octanol–water partition coefficient (Wildman–Crippen LogP) is 5.34. The highest BCUT2D eigenvalue weighted by Gasteiger charge is 2.17. The summed E-state index contributed by atoms with van der Waals surface area (Å²) in [4.78, 5) is 26.0. The minimum atomic E-state index is -0.0697. The van der Waals surface area contributed by atoms with E-state index in [-0.39, 0.29) is 5.56 Å². The van der Waals surface area contributed by atoms with Crippen molar-refractivity contribution in [1.82, 2.24) is 15.0 Å². The molecule has 0 fully saturated rings. The molecule has 0 amide bonds. The van der Waals surface area contributed by atoms with Gasteiger partial charge in [-0.15, -0.1) is 11.3 Å². The monoisotopic (exact) mass is 385 g/mol. The second-order valence-corrected chi connectivity index (χ2v) is 8.33. The molecule has 4 nitrogen and oxygen atoms in total. The molecule has 0 atom stereocenters. The first-order chi connectivity index (χ1) is 13.6. The van der Waals surface area contributed by atoms with E-state index in [1.807, 2.05) is 18.3 Å². The Morgan fingerprint density at radius 1 is 1.04 bits per heavy atom. The number of hydrogen-bond acceptors (Lipinski definition) is 3. The quantitative estimate of drug-likeness (QED) is 0.440. The highest BCUT2D eigenvalue weighted by atomic mass is 32.1. The van der Waals surface area contributed by atoms with Crippen molar-refractivity contribution >= 4 is 32.5 Å². The van der Waals surface area contributed by atoms with Gasteiger partial charge in [0, 0.05) is 34.0 Å². The van der Waals surface area contributed by atoms with Gasteiger partial charge >= 0.3 is 0 Å². The summed E-state index contributed by atoms with van der Waals surface area (Å²) in [5.74, 6) is 0.693. The maximum atomic E-state index is 13.0. The Bertz CT molecular complexity index is 1370. The molecule has 3 aromatic heterocycles. The highest BCUT2D eigenvalue weighted by molar-refractivity contribution is 7.19. The summed E-state index contributed by atoms with van der Waals surface area (Å²) in [7, 11) is 0. The average molecular weight is 385 g/mol. The molecule has 0 spiro atoms. The Hall–Kier alpha value is -3.18. The summed E-state index contributed by atoms with van der Waals surface area (Å²) in [6.07, 6.45) is 2.58. The van der Waals surface area contributed by atoms with Crippen LogP contribution < -0.4 is 5.56 Å². The van der Waals surface area contributed by atoms with Crippen LogP contribution in [0.4, 0.5) is 0 Å². The Labute approximate surface area is 165 Å². The number of H-pyrrole nitrogens is 2. The Morgan fingerprint density at radius 3 is 2.64 bits per heavy atom. The van der Waals surface area contributed by atoms with E-state index in [1.165, 1.54) is 5.56 Å². The summed E-state index contributed by atoms with van der Waals surface area (Å²) in [5.41, 5.74) is 5.41. The molecule has 0 aliphatic heterocycles. The van der Waals surface area contributed by atoms with Gasteiger partial charge in [-0.3, -0.25) is 4.79 Å². The molecule has 0 aliphatic rings. The van der Waals surface area contributed by atoms with Gasteiger partial charge in [-0.2, -0.15) is 0 Å². The van der Waals surface area contributed by atoms with Crippen LogP contribution >= 0.6 is 11.3 Å². The van der Waals surface area contributed by atoms with Crippen LogP contribution in [0.2, 0.25) is 0 Å². The van der Waals surface area contributed by atoms with E-state index in [9.17, 15) is 4.79 Å². The molecule has 0 saturated carbocycles. The van der Waals surface area contributed by atoms with E-state index in [0.29, 0.717) is 17.6 Å². The average Bonchev–Trinajstić information content (AvgIpc) is 3.23. The van der Waals surface area contributed by atoms with Gasteiger partial charge in [-0.25, -0.2) is 4.98 Å². The SMILES string of the molecule is Cc1ccc(-c2c(C)sc3nc(Cc4c[nH]c5ccccc45)[nH]c(=O)c23)cc1.